The fraction of sp³-hybridized carbons (Fsp3) is 0.477. The lowest BCUT2D eigenvalue weighted by atomic mass is 10.1. The quantitative estimate of drug-likeness (QED) is 0.0264. The summed E-state index contributed by atoms with van der Waals surface area (Å²) in [6, 6.07) is 0. The van der Waals surface area contributed by atoms with Crippen LogP contribution in [0, 0.1) is 0 Å². The summed E-state index contributed by atoms with van der Waals surface area (Å²) in [5.41, 5.74) is 5.37. The minimum atomic E-state index is -4.43. The summed E-state index contributed by atoms with van der Waals surface area (Å²) in [7, 11) is -4.43. The summed E-state index contributed by atoms with van der Waals surface area (Å²) < 4.78 is 32.9. The van der Waals surface area contributed by atoms with Gasteiger partial charge in [0.25, 0.3) is 0 Å². The number of esters is 2. The van der Waals surface area contributed by atoms with E-state index < -0.39 is 32.5 Å². The fourth-order valence-electron chi connectivity index (χ4n) is 6.44. The third-order valence-corrected chi connectivity index (χ3v) is 11.5. The standard InChI is InChI=1S/C65H98NO8P/c1-3-5-7-9-11-13-15-17-19-21-23-25-27-29-30-31-32-34-36-38-40-42-44-46-48-50-52-54-56-58-65(68)74-63(62-73-75(69,70)72-60-59-66)61-71-64(67)57-55-53-51-49-47-45-43-41-39-37-35-33-28-26-24-22-20-18-16-14-12-10-8-6-4-2/h5-8,11-14,17-20,23-26,29-30,32-35,38-41,44-47,50,52,63H,3-4,9-10,15-16,21-22,27-28,31,36-37,42-43,48-49,51,53-62,66H2,1-2H3,(H,69,70)/b7-5-,8-6-,13-11-,14-12-,19-17-,20-18-,25-23-,26-24-,30-29-,34-32-,35-33-,40-38-,41-39-,46-44-,47-45-,52-50-. The molecule has 0 radical (unpaired) electrons. The maximum absolute atomic E-state index is 12.7. The second kappa shape index (κ2) is 58.1. The Bertz CT molecular complexity index is 1920. The zero-order valence-electron chi connectivity index (χ0n) is 46.2. The molecule has 0 heterocycles. The van der Waals surface area contributed by atoms with E-state index in [1.54, 1.807) is 0 Å². The third kappa shape index (κ3) is 58.0. The number of carbonyl (C=O) groups is 2. The van der Waals surface area contributed by atoms with Crippen molar-refractivity contribution in [3.8, 4) is 0 Å². The Morgan fingerprint density at radius 3 is 1.04 bits per heavy atom. The normalized spacial score (nSPS) is 14.6. The Morgan fingerprint density at radius 1 is 0.400 bits per heavy atom. The number of nitrogens with two attached hydrogens (primary N) is 1. The van der Waals surface area contributed by atoms with Crippen LogP contribution in [0.15, 0.2) is 194 Å². The number of hydrogen-bond donors (Lipinski definition) is 2. The second-order valence-electron chi connectivity index (χ2n) is 17.3. The van der Waals surface area contributed by atoms with Crippen LogP contribution < -0.4 is 5.73 Å². The van der Waals surface area contributed by atoms with Crippen molar-refractivity contribution in [3.63, 3.8) is 0 Å². The van der Waals surface area contributed by atoms with Crippen LogP contribution in [0.4, 0.5) is 0 Å². The number of ether oxygens (including phenoxy) is 2. The molecule has 0 aromatic rings. The molecular formula is C65H98NO8P. The number of rotatable bonds is 49. The van der Waals surface area contributed by atoms with Gasteiger partial charge in [-0.15, -0.1) is 0 Å². The predicted molar refractivity (Wildman–Crippen MR) is 320 cm³/mol. The molecule has 0 fully saturated rings. The summed E-state index contributed by atoms with van der Waals surface area (Å²) in [6.07, 6.45) is 89.1. The number of phosphoric acid groups is 1. The molecule has 2 unspecified atom stereocenters. The smallest absolute Gasteiger partial charge is 0.462 e. The maximum atomic E-state index is 12.7. The number of unbranched alkanes of at least 4 members (excludes halogenated alkanes) is 4. The first kappa shape index (κ1) is 69.8. The summed E-state index contributed by atoms with van der Waals surface area (Å²) in [4.78, 5) is 35.1. The molecule has 0 spiro atoms. The van der Waals surface area contributed by atoms with E-state index in [1.807, 2.05) is 6.08 Å². The molecule has 3 N–H and O–H groups in total. The zero-order chi connectivity index (χ0) is 54.5. The van der Waals surface area contributed by atoms with Gasteiger partial charge in [-0.2, -0.15) is 0 Å². The highest BCUT2D eigenvalue weighted by Crippen LogP contribution is 2.43. The monoisotopic (exact) mass is 1050 g/mol. The molecule has 0 rings (SSSR count). The van der Waals surface area contributed by atoms with E-state index >= 15 is 0 Å². The molecule has 0 amide bonds. The fourth-order valence-corrected chi connectivity index (χ4v) is 7.20. The summed E-state index contributed by atoms with van der Waals surface area (Å²) in [5, 5.41) is 0. The van der Waals surface area contributed by atoms with Crippen LogP contribution in [-0.2, 0) is 32.7 Å². The minimum Gasteiger partial charge on any atom is -0.462 e. The van der Waals surface area contributed by atoms with Gasteiger partial charge in [0.2, 0.25) is 0 Å². The Hall–Kier alpha value is -5.15. The van der Waals surface area contributed by atoms with Crippen molar-refractivity contribution >= 4 is 19.8 Å². The molecule has 75 heavy (non-hydrogen) atoms. The molecule has 0 bridgehead atoms. The SMILES string of the molecule is CC/C=C\C/C=C\C/C=C\C/C=C\C/C=C\C/C=C\C/C=C\C/C=C\C/C=C\CCCC(=O)OC(COC(=O)CCCCC/C=C\C/C=C\C/C=C\C/C=C\C/C=C\C/C=C\C/C=C\CC)COP(=O)(O)OCCN. The largest absolute Gasteiger partial charge is 0.472 e. The topological polar surface area (TPSA) is 134 Å². The van der Waals surface area contributed by atoms with Gasteiger partial charge in [-0.1, -0.05) is 215 Å². The van der Waals surface area contributed by atoms with Crippen LogP contribution in [0.3, 0.4) is 0 Å². The molecule has 416 valence electrons. The van der Waals surface area contributed by atoms with Gasteiger partial charge < -0.3 is 20.1 Å². The highest BCUT2D eigenvalue weighted by Gasteiger charge is 2.26. The summed E-state index contributed by atoms with van der Waals surface area (Å²) in [5.74, 6) is -0.958. The van der Waals surface area contributed by atoms with E-state index in [0.717, 1.165) is 122 Å². The summed E-state index contributed by atoms with van der Waals surface area (Å²) >= 11 is 0. The van der Waals surface area contributed by atoms with Crippen molar-refractivity contribution in [1.29, 1.82) is 0 Å². The molecule has 0 saturated heterocycles. The first-order valence-electron chi connectivity index (χ1n) is 27.9. The van der Waals surface area contributed by atoms with E-state index in [1.165, 1.54) is 0 Å². The van der Waals surface area contributed by atoms with Gasteiger partial charge in [0.15, 0.2) is 6.10 Å². The molecule has 0 aromatic heterocycles. The highest BCUT2D eigenvalue weighted by atomic mass is 31.2. The lowest BCUT2D eigenvalue weighted by Gasteiger charge is -2.19. The van der Waals surface area contributed by atoms with E-state index in [0.29, 0.717) is 19.3 Å². The third-order valence-electron chi connectivity index (χ3n) is 10.5. The summed E-state index contributed by atoms with van der Waals surface area (Å²) in [6.45, 7) is 3.36. The van der Waals surface area contributed by atoms with Gasteiger partial charge in [-0.05, 0) is 135 Å². The van der Waals surface area contributed by atoms with Crippen molar-refractivity contribution in [2.24, 2.45) is 5.73 Å². The van der Waals surface area contributed by atoms with E-state index in [4.69, 9.17) is 24.3 Å². The molecular weight excluding hydrogens is 954 g/mol. The Morgan fingerprint density at radius 2 is 0.707 bits per heavy atom. The van der Waals surface area contributed by atoms with E-state index in [-0.39, 0.29) is 32.6 Å². The molecule has 0 aliphatic carbocycles. The van der Waals surface area contributed by atoms with Crippen LogP contribution >= 0.6 is 7.82 Å². The lowest BCUT2D eigenvalue weighted by Crippen LogP contribution is -2.29. The Labute approximate surface area is 456 Å². The number of allylic oxidation sites excluding steroid dienone is 32. The number of hydrogen-bond acceptors (Lipinski definition) is 8. The maximum Gasteiger partial charge on any atom is 0.472 e. The average Bonchev–Trinajstić information content (AvgIpc) is 3.40. The highest BCUT2D eigenvalue weighted by molar-refractivity contribution is 7.47. The molecule has 0 aromatic carbocycles. The van der Waals surface area contributed by atoms with E-state index in [2.05, 4.69) is 202 Å². The van der Waals surface area contributed by atoms with Crippen molar-refractivity contribution in [2.45, 2.75) is 174 Å². The first-order chi connectivity index (χ1) is 36.8. The Balaban J connectivity index is 4.27. The van der Waals surface area contributed by atoms with Gasteiger partial charge in [-0.25, -0.2) is 4.57 Å². The van der Waals surface area contributed by atoms with Gasteiger partial charge >= 0.3 is 19.8 Å². The van der Waals surface area contributed by atoms with Crippen LogP contribution in [0.1, 0.15) is 168 Å². The molecule has 10 heteroatoms. The van der Waals surface area contributed by atoms with Gasteiger partial charge in [0, 0.05) is 19.4 Å². The van der Waals surface area contributed by atoms with Crippen LogP contribution in [0.2, 0.25) is 0 Å². The molecule has 0 aliphatic heterocycles. The second-order valence-corrected chi connectivity index (χ2v) is 18.8. The number of carbonyl (C=O) groups excluding carboxylic acids is 2. The van der Waals surface area contributed by atoms with E-state index in [9.17, 15) is 19.0 Å². The average molecular weight is 1050 g/mol. The Kier molecular flexibility index (Phi) is 54.1. The molecule has 9 nitrogen and oxygen atoms in total. The van der Waals surface area contributed by atoms with Crippen LogP contribution in [-0.4, -0.2) is 49.3 Å². The lowest BCUT2D eigenvalue weighted by molar-refractivity contribution is -0.161. The number of phosphoric ester groups is 1. The first-order valence-corrected chi connectivity index (χ1v) is 29.4. The van der Waals surface area contributed by atoms with Crippen molar-refractivity contribution in [3.05, 3.63) is 194 Å². The molecule has 0 saturated carbocycles. The van der Waals surface area contributed by atoms with Crippen molar-refractivity contribution in [1.82, 2.24) is 0 Å². The molecule has 2 atom stereocenters. The van der Waals surface area contributed by atoms with Gasteiger partial charge in [0.1, 0.15) is 6.61 Å². The van der Waals surface area contributed by atoms with Crippen LogP contribution in [0.25, 0.3) is 0 Å². The molecule has 0 aliphatic rings. The van der Waals surface area contributed by atoms with Crippen LogP contribution in [0.5, 0.6) is 0 Å². The van der Waals surface area contributed by atoms with Gasteiger partial charge in [0.05, 0.1) is 13.2 Å². The minimum absolute atomic E-state index is 0.0267. The van der Waals surface area contributed by atoms with Crippen molar-refractivity contribution in [2.75, 3.05) is 26.4 Å². The zero-order valence-corrected chi connectivity index (χ0v) is 47.1. The van der Waals surface area contributed by atoms with Gasteiger partial charge in [-0.3, -0.25) is 18.6 Å². The van der Waals surface area contributed by atoms with Crippen molar-refractivity contribution < 1.29 is 37.6 Å². The predicted octanol–water partition coefficient (Wildman–Crippen LogP) is 17.8.